The second-order valence-electron chi connectivity index (χ2n) is 6.63. The number of rotatable bonds is 6. The molecular formula is C18H26N2O3. The van der Waals surface area contributed by atoms with Crippen molar-refractivity contribution >= 4 is 17.5 Å². The Morgan fingerprint density at radius 2 is 1.91 bits per heavy atom. The van der Waals surface area contributed by atoms with Crippen molar-refractivity contribution in [2.24, 2.45) is 5.41 Å². The third kappa shape index (κ3) is 4.71. The van der Waals surface area contributed by atoms with Gasteiger partial charge < -0.3 is 15.0 Å². The number of carbonyl (C=O) groups excluding carboxylic acids is 2. The van der Waals surface area contributed by atoms with Gasteiger partial charge >= 0.3 is 0 Å². The molecule has 0 spiro atoms. The number of nitrogens with zero attached hydrogens (tertiary/aromatic N) is 1. The van der Waals surface area contributed by atoms with E-state index in [2.05, 4.69) is 5.32 Å². The summed E-state index contributed by atoms with van der Waals surface area (Å²) in [6.45, 7) is 0. The SMILES string of the molecule is COc1cccc(NC(=O)CC2(CC(=O)N(C)C)CCCC2)c1. The molecule has 0 aromatic heterocycles. The molecule has 1 fully saturated rings. The summed E-state index contributed by atoms with van der Waals surface area (Å²) in [5, 5.41) is 2.93. The van der Waals surface area contributed by atoms with Crippen LogP contribution in [0.3, 0.4) is 0 Å². The van der Waals surface area contributed by atoms with E-state index < -0.39 is 0 Å². The largest absolute Gasteiger partial charge is 0.497 e. The summed E-state index contributed by atoms with van der Waals surface area (Å²) in [6.07, 6.45) is 4.91. The standard InChI is InChI=1S/C18H26N2O3/c1-20(2)17(22)13-18(9-4-5-10-18)12-16(21)19-14-7-6-8-15(11-14)23-3/h6-8,11H,4-5,9-10,12-13H2,1-3H3,(H,19,21). The lowest BCUT2D eigenvalue weighted by atomic mass is 9.78. The highest BCUT2D eigenvalue weighted by Crippen LogP contribution is 2.44. The Labute approximate surface area is 138 Å². The van der Waals surface area contributed by atoms with Crippen LogP contribution in [0.4, 0.5) is 5.69 Å². The maximum absolute atomic E-state index is 12.4. The van der Waals surface area contributed by atoms with Crippen LogP contribution >= 0.6 is 0 Å². The molecule has 1 aromatic carbocycles. The zero-order chi connectivity index (χ0) is 16.9. The zero-order valence-electron chi connectivity index (χ0n) is 14.2. The van der Waals surface area contributed by atoms with E-state index in [1.54, 1.807) is 32.2 Å². The molecule has 0 heterocycles. The maximum Gasteiger partial charge on any atom is 0.224 e. The first-order chi connectivity index (χ1) is 10.9. The second kappa shape index (κ2) is 7.49. The molecule has 5 heteroatoms. The van der Waals surface area contributed by atoms with Crippen LogP contribution in [0.1, 0.15) is 38.5 Å². The Bertz CT molecular complexity index is 563. The monoisotopic (exact) mass is 318 g/mol. The van der Waals surface area contributed by atoms with E-state index in [9.17, 15) is 9.59 Å². The van der Waals surface area contributed by atoms with Gasteiger partial charge in [-0.25, -0.2) is 0 Å². The Hall–Kier alpha value is -2.04. The molecule has 0 aliphatic heterocycles. The van der Waals surface area contributed by atoms with Crippen LogP contribution in [0.2, 0.25) is 0 Å². The van der Waals surface area contributed by atoms with Crippen LogP contribution in [0, 0.1) is 5.41 Å². The summed E-state index contributed by atoms with van der Waals surface area (Å²) in [5.41, 5.74) is 0.533. The Morgan fingerprint density at radius 3 is 2.52 bits per heavy atom. The maximum atomic E-state index is 12.4. The van der Waals surface area contributed by atoms with Crippen molar-refractivity contribution in [1.29, 1.82) is 0 Å². The van der Waals surface area contributed by atoms with Gasteiger partial charge in [0.15, 0.2) is 0 Å². The van der Waals surface area contributed by atoms with Crippen LogP contribution in [0.15, 0.2) is 24.3 Å². The van der Waals surface area contributed by atoms with Crippen molar-refractivity contribution in [2.45, 2.75) is 38.5 Å². The molecule has 0 saturated heterocycles. The summed E-state index contributed by atoms with van der Waals surface area (Å²) in [5.74, 6) is 0.772. The third-order valence-corrected chi connectivity index (χ3v) is 4.58. The fourth-order valence-corrected chi connectivity index (χ4v) is 3.27. The van der Waals surface area contributed by atoms with Crippen LogP contribution in [0.25, 0.3) is 0 Å². The van der Waals surface area contributed by atoms with Gasteiger partial charge in [-0.3, -0.25) is 9.59 Å². The summed E-state index contributed by atoms with van der Waals surface area (Å²) < 4.78 is 5.17. The zero-order valence-corrected chi connectivity index (χ0v) is 14.2. The quantitative estimate of drug-likeness (QED) is 0.877. The molecule has 1 aromatic rings. The molecule has 1 aliphatic rings. The molecule has 2 amide bonds. The average Bonchev–Trinajstić information content (AvgIpc) is 2.95. The highest BCUT2D eigenvalue weighted by molar-refractivity contribution is 5.92. The molecule has 2 rings (SSSR count). The molecule has 0 atom stereocenters. The molecule has 1 N–H and O–H groups in total. The van der Waals surface area contributed by atoms with Crippen LogP contribution in [0.5, 0.6) is 5.75 Å². The summed E-state index contributed by atoms with van der Waals surface area (Å²) in [6, 6.07) is 7.32. The lowest BCUT2D eigenvalue weighted by Crippen LogP contribution is -2.32. The van der Waals surface area contributed by atoms with Crippen molar-refractivity contribution < 1.29 is 14.3 Å². The van der Waals surface area contributed by atoms with Crippen LogP contribution in [-0.4, -0.2) is 37.9 Å². The molecule has 0 unspecified atom stereocenters. The minimum Gasteiger partial charge on any atom is -0.497 e. The molecule has 0 radical (unpaired) electrons. The number of amides is 2. The van der Waals surface area contributed by atoms with Crippen molar-refractivity contribution in [3.05, 3.63) is 24.3 Å². The Morgan fingerprint density at radius 1 is 1.22 bits per heavy atom. The molecule has 1 aliphatic carbocycles. The Kier molecular flexibility index (Phi) is 5.64. The molecule has 23 heavy (non-hydrogen) atoms. The number of benzene rings is 1. The number of hydrogen-bond donors (Lipinski definition) is 1. The number of hydrogen-bond acceptors (Lipinski definition) is 3. The topological polar surface area (TPSA) is 58.6 Å². The Balaban J connectivity index is 2.01. The first-order valence-corrected chi connectivity index (χ1v) is 8.08. The normalized spacial score (nSPS) is 16.0. The molecular weight excluding hydrogens is 292 g/mol. The summed E-state index contributed by atoms with van der Waals surface area (Å²) in [7, 11) is 5.13. The number of carbonyl (C=O) groups is 2. The molecule has 0 bridgehead atoms. The van der Waals surface area contributed by atoms with Gasteiger partial charge in [0.05, 0.1) is 7.11 Å². The van der Waals surface area contributed by atoms with Gasteiger partial charge in [0.2, 0.25) is 11.8 Å². The van der Waals surface area contributed by atoms with Crippen molar-refractivity contribution in [3.63, 3.8) is 0 Å². The minimum atomic E-state index is -0.190. The summed E-state index contributed by atoms with van der Waals surface area (Å²) >= 11 is 0. The fraction of sp³-hybridized carbons (Fsp3) is 0.556. The van der Waals surface area contributed by atoms with Gasteiger partial charge in [-0.1, -0.05) is 18.9 Å². The number of anilines is 1. The van der Waals surface area contributed by atoms with E-state index in [4.69, 9.17) is 4.74 Å². The van der Waals surface area contributed by atoms with E-state index in [1.165, 1.54) is 0 Å². The average molecular weight is 318 g/mol. The minimum absolute atomic E-state index is 0.0355. The molecule has 5 nitrogen and oxygen atoms in total. The summed E-state index contributed by atoms with van der Waals surface area (Å²) in [4.78, 5) is 26.2. The predicted molar refractivity (Wildman–Crippen MR) is 90.5 cm³/mol. The van der Waals surface area contributed by atoms with Crippen LogP contribution in [-0.2, 0) is 9.59 Å². The number of methoxy groups -OCH3 is 1. The van der Waals surface area contributed by atoms with E-state index >= 15 is 0 Å². The second-order valence-corrected chi connectivity index (χ2v) is 6.63. The van der Waals surface area contributed by atoms with Crippen LogP contribution < -0.4 is 10.1 Å². The number of nitrogens with one attached hydrogen (secondary N) is 1. The lowest BCUT2D eigenvalue weighted by Gasteiger charge is -2.29. The van der Waals surface area contributed by atoms with Gasteiger partial charge in [0.1, 0.15) is 5.75 Å². The van der Waals surface area contributed by atoms with Gasteiger partial charge in [-0.2, -0.15) is 0 Å². The first-order valence-electron chi connectivity index (χ1n) is 8.08. The third-order valence-electron chi connectivity index (χ3n) is 4.58. The number of ether oxygens (including phenoxy) is 1. The highest BCUT2D eigenvalue weighted by Gasteiger charge is 2.38. The molecule has 126 valence electrons. The predicted octanol–water partition coefficient (Wildman–Crippen LogP) is 3.06. The van der Waals surface area contributed by atoms with Gasteiger partial charge in [0, 0.05) is 38.7 Å². The lowest BCUT2D eigenvalue weighted by molar-refractivity contribution is -0.131. The highest BCUT2D eigenvalue weighted by atomic mass is 16.5. The van der Waals surface area contributed by atoms with Gasteiger partial charge in [0.25, 0.3) is 0 Å². The van der Waals surface area contributed by atoms with Crippen molar-refractivity contribution in [3.8, 4) is 5.75 Å². The first kappa shape index (κ1) is 17.3. The van der Waals surface area contributed by atoms with Gasteiger partial charge in [-0.15, -0.1) is 0 Å². The van der Waals surface area contributed by atoms with Crippen molar-refractivity contribution in [1.82, 2.24) is 4.90 Å². The smallest absolute Gasteiger partial charge is 0.224 e. The van der Waals surface area contributed by atoms with Gasteiger partial charge in [-0.05, 0) is 30.4 Å². The van der Waals surface area contributed by atoms with E-state index in [0.717, 1.165) is 31.4 Å². The van der Waals surface area contributed by atoms with Crippen molar-refractivity contribution in [2.75, 3.05) is 26.5 Å². The van der Waals surface area contributed by atoms with E-state index in [-0.39, 0.29) is 17.2 Å². The fourth-order valence-electron chi connectivity index (χ4n) is 3.27. The van der Waals surface area contributed by atoms with E-state index in [1.807, 2.05) is 18.2 Å². The molecule has 1 saturated carbocycles. The van der Waals surface area contributed by atoms with E-state index in [0.29, 0.717) is 18.6 Å².